The highest BCUT2D eigenvalue weighted by molar-refractivity contribution is 5.74. The number of hydrogen-bond donors (Lipinski definition) is 2. The lowest BCUT2D eigenvalue weighted by molar-refractivity contribution is -0.136. The Morgan fingerprint density at radius 1 is 1.55 bits per heavy atom. The van der Waals surface area contributed by atoms with Crippen molar-refractivity contribution in [2.24, 2.45) is 11.7 Å². The third-order valence-electron chi connectivity index (χ3n) is 3.01. The number of primary amides is 1. The molecule has 0 fully saturated rings. The molecule has 0 aromatic carbocycles. The number of rotatable bonds is 7. The van der Waals surface area contributed by atoms with Gasteiger partial charge in [0.15, 0.2) is 0 Å². The second-order valence-corrected chi connectivity index (χ2v) is 4.82. The van der Waals surface area contributed by atoms with Gasteiger partial charge in [0.2, 0.25) is 5.91 Å². The van der Waals surface area contributed by atoms with Crippen LogP contribution in [0.1, 0.15) is 25.6 Å². The molecule has 0 aliphatic rings. The number of alkyl halides is 3. The molecular formula is C12H18F3N3O2. The molecule has 0 aliphatic heterocycles. The Labute approximate surface area is 114 Å². The summed E-state index contributed by atoms with van der Waals surface area (Å²) in [6.07, 6.45) is -3.11. The van der Waals surface area contributed by atoms with Gasteiger partial charge in [-0.2, -0.15) is 13.2 Å². The number of aliphatic hydroxyl groups is 1. The van der Waals surface area contributed by atoms with E-state index in [0.29, 0.717) is 5.82 Å². The molecule has 5 nitrogen and oxygen atoms in total. The van der Waals surface area contributed by atoms with Gasteiger partial charge in [-0.25, -0.2) is 4.98 Å². The molecule has 0 spiro atoms. The van der Waals surface area contributed by atoms with Crippen molar-refractivity contribution in [1.82, 2.24) is 9.55 Å². The summed E-state index contributed by atoms with van der Waals surface area (Å²) >= 11 is 0. The molecule has 0 radical (unpaired) electrons. The van der Waals surface area contributed by atoms with E-state index in [0.717, 1.165) is 0 Å². The van der Waals surface area contributed by atoms with Crippen molar-refractivity contribution >= 4 is 5.91 Å². The molecule has 1 amide bonds. The Hall–Kier alpha value is -1.57. The third kappa shape index (κ3) is 5.60. The van der Waals surface area contributed by atoms with E-state index >= 15 is 0 Å². The number of aryl methyl sites for hydroxylation is 1. The van der Waals surface area contributed by atoms with Crippen LogP contribution < -0.4 is 5.73 Å². The highest BCUT2D eigenvalue weighted by atomic mass is 19.4. The Bertz CT molecular complexity index is 445. The number of imidazole rings is 1. The molecule has 0 saturated carbocycles. The smallest absolute Gasteiger partial charge is 0.390 e. The van der Waals surface area contributed by atoms with Crippen molar-refractivity contribution in [3.8, 4) is 0 Å². The molecule has 1 heterocycles. The highest BCUT2D eigenvalue weighted by Gasteiger charge is 2.27. The Balaban J connectivity index is 2.60. The van der Waals surface area contributed by atoms with Crippen molar-refractivity contribution in [1.29, 1.82) is 0 Å². The van der Waals surface area contributed by atoms with E-state index in [1.165, 1.54) is 17.0 Å². The first kappa shape index (κ1) is 16.5. The summed E-state index contributed by atoms with van der Waals surface area (Å²) in [6.45, 7) is 1.48. The van der Waals surface area contributed by atoms with E-state index in [1.807, 2.05) is 0 Å². The van der Waals surface area contributed by atoms with Gasteiger partial charge in [-0.15, -0.1) is 0 Å². The SMILES string of the molecule is CC(Cc1nccn1CCC(F)(F)F)[C@@H](O)CC(N)=O. The number of carbonyl (C=O) groups is 1. The lowest BCUT2D eigenvalue weighted by Crippen LogP contribution is -2.27. The zero-order chi connectivity index (χ0) is 15.3. The second kappa shape index (κ2) is 6.74. The van der Waals surface area contributed by atoms with Gasteiger partial charge in [0.25, 0.3) is 0 Å². The average molecular weight is 293 g/mol. The maximum atomic E-state index is 12.2. The standard InChI is InChI=1S/C12H18F3N3O2/c1-8(9(19)7-10(16)20)6-11-17-3-5-18(11)4-2-12(13,14)15/h3,5,8-9,19H,2,4,6-7H2,1H3,(H2,16,20)/t8?,9-/m0/s1. The minimum atomic E-state index is -4.22. The van der Waals surface area contributed by atoms with Crippen LogP contribution in [0.5, 0.6) is 0 Å². The summed E-state index contributed by atoms with van der Waals surface area (Å²) in [5.41, 5.74) is 4.99. The van der Waals surface area contributed by atoms with Gasteiger partial charge in [0, 0.05) is 25.4 Å². The van der Waals surface area contributed by atoms with Crippen LogP contribution in [0.4, 0.5) is 13.2 Å². The third-order valence-corrected chi connectivity index (χ3v) is 3.01. The van der Waals surface area contributed by atoms with E-state index in [-0.39, 0.29) is 25.3 Å². The minimum absolute atomic E-state index is 0.176. The van der Waals surface area contributed by atoms with Crippen molar-refractivity contribution in [3.63, 3.8) is 0 Å². The lowest BCUT2D eigenvalue weighted by atomic mass is 9.98. The summed E-state index contributed by atoms with van der Waals surface area (Å²) in [5, 5.41) is 9.72. The van der Waals surface area contributed by atoms with Gasteiger partial charge in [0.05, 0.1) is 18.9 Å². The van der Waals surface area contributed by atoms with Crippen LogP contribution in [0, 0.1) is 5.92 Å². The Kier molecular flexibility index (Phi) is 5.55. The van der Waals surface area contributed by atoms with E-state index in [2.05, 4.69) is 4.98 Å². The number of nitrogens with two attached hydrogens (primary N) is 1. The van der Waals surface area contributed by atoms with Crippen LogP contribution >= 0.6 is 0 Å². The molecule has 0 aliphatic carbocycles. The largest absolute Gasteiger partial charge is 0.392 e. The number of nitrogens with zero attached hydrogens (tertiary/aromatic N) is 2. The van der Waals surface area contributed by atoms with Crippen molar-refractivity contribution in [2.45, 2.75) is 45.0 Å². The number of carbonyl (C=O) groups excluding carboxylic acids is 1. The maximum absolute atomic E-state index is 12.2. The van der Waals surface area contributed by atoms with Crippen molar-refractivity contribution < 1.29 is 23.1 Å². The maximum Gasteiger partial charge on any atom is 0.390 e. The number of aromatic nitrogens is 2. The molecule has 1 rings (SSSR count). The van der Waals surface area contributed by atoms with E-state index in [4.69, 9.17) is 5.73 Å². The van der Waals surface area contributed by atoms with Crippen LogP contribution in [0.15, 0.2) is 12.4 Å². The Morgan fingerprint density at radius 3 is 2.75 bits per heavy atom. The fourth-order valence-electron chi connectivity index (χ4n) is 1.81. The first-order valence-corrected chi connectivity index (χ1v) is 6.22. The van der Waals surface area contributed by atoms with Crippen LogP contribution in [-0.4, -0.2) is 32.8 Å². The average Bonchev–Trinajstić information content (AvgIpc) is 2.71. The van der Waals surface area contributed by atoms with Crippen LogP contribution in [0.2, 0.25) is 0 Å². The molecule has 3 N–H and O–H groups in total. The number of hydrogen-bond acceptors (Lipinski definition) is 3. The fourth-order valence-corrected chi connectivity index (χ4v) is 1.81. The molecule has 1 aromatic rings. The van der Waals surface area contributed by atoms with Gasteiger partial charge >= 0.3 is 6.18 Å². The number of halogens is 3. The first-order chi connectivity index (χ1) is 9.19. The molecule has 0 bridgehead atoms. The predicted octanol–water partition coefficient (Wildman–Crippen LogP) is 1.25. The lowest BCUT2D eigenvalue weighted by Gasteiger charge is -2.18. The molecule has 20 heavy (non-hydrogen) atoms. The number of amides is 1. The molecule has 114 valence electrons. The van der Waals surface area contributed by atoms with Gasteiger partial charge in [-0.05, 0) is 5.92 Å². The quantitative estimate of drug-likeness (QED) is 0.794. The summed E-state index contributed by atoms with van der Waals surface area (Å²) in [5.74, 6) is -0.496. The first-order valence-electron chi connectivity index (χ1n) is 6.22. The summed E-state index contributed by atoms with van der Waals surface area (Å²) < 4.78 is 38.0. The summed E-state index contributed by atoms with van der Waals surface area (Å²) in [6, 6.07) is 0. The summed E-state index contributed by atoms with van der Waals surface area (Å²) in [4.78, 5) is 14.7. The minimum Gasteiger partial charge on any atom is -0.392 e. The van der Waals surface area contributed by atoms with Gasteiger partial charge < -0.3 is 15.4 Å². The molecule has 1 unspecified atom stereocenters. The van der Waals surface area contributed by atoms with Gasteiger partial charge in [0.1, 0.15) is 5.82 Å². The normalized spacial score (nSPS) is 15.1. The van der Waals surface area contributed by atoms with Gasteiger partial charge in [-0.3, -0.25) is 4.79 Å². The second-order valence-electron chi connectivity index (χ2n) is 4.82. The van der Waals surface area contributed by atoms with Crippen LogP contribution in [0.25, 0.3) is 0 Å². The summed E-state index contributed by atoms with van der Waals surface area (Å²) in [7, 11) is 0. The fraction of sp³-hybridized carbons (Fsp3) is 0.667. The van der Waals surface area contributed by atoms with Crippen molar-refractivity contribution in [3.05, 3.63) is 18.2 Å². The zero-order valence-electron chi connectivity index (χ0n) is 11.1. The molecular weight excluding hydrogens is 275 g/mol. The van der Waals surface area contributed by atoms with E-state index in [9.17, 15) is 23.1 Å². The monoisotopic (exact) mass is 293 g/mol. The van der Waals surface area contributed by atoms with Crippen molar-refractivity contribution in [2.75, 3.05) is 0 Å². The van der Waals surface area contributed by atoms with E-state index < -0.39 is 24.6 Å². The zero-order valence-corrected chi connectivity index (χ0v) is 11.1. The van der Waals surface area contributed by atoms with Gasteiger partial charge in [-0.1, -0.05) is 6.92 Å². The Morgan fingerprint density at radius 2 is 2.20 bits per heavy atom. The predicted molar refractivity (Wildman–Crippen MR) is 65.6 cm³/mol. The van der Waals surface area contributed by atoms with E-state index in [1.54, 1.807) is 6.92 Å². The molecule has 0 saturated heterocycles. The number of aliphatic hydroxyl groups excluding tert-OH is 1. The molecule has 2 atom stereocenters. The molecule has 1 aromatic heterocycles. The molecule has 8 heteroatoms. The highest BCUT2D eigenvalue weighted by Crippen LogP contribution is 2.21. The van der Waals surface area contributed by atoms with Crippen LogP contribution in [-0.2, 0) is 17.8 Å². The van der Waals surface area contributed by atoms with Crippen LogP contribution in [0.3, 0.4) is 0 Å². The topological polar surface area (TPSA) is 81.1 Å².